The van der Waals surface area contributed by atoms with E-state index in [1.165, 1.54) is 0 Å². The Bertz CT molecular complexity index is 202. The van der Waals surface area contributed by atoms with E-state index in [9.17, 15) is 9.18 Å². The highest BCUT2D eigenvalue weighted by molar-refractivity contribution is 5.78. The average molecular weight is 187 g/mol. The van der Waals surface area contributed by atoms with Gasteiger partial charge in [0.05, 0.1) is 19.2 Å². The molecule has 0 aliphatic rings. The minimum atomic E-state index is -1.08. The molecular formula is C8H14FN3O. The largest absolute Gasteiger partial charge is 0.325 e. The highest BCUT2D eigenvalue weighted by atomic mass is 19.1. The van der Waals surface area contributed by atoms with Crippen molar-refractivity contribution in [3.05, 3.63) is 0 Å². The summed E-state index contributed by atoms with van der Waals surface area (Å²) < 4.78 is 12.9. The first-order chi connectivity index (χ1) is 6.15. The standard InChI is InChI=1S/C8H14FN3O/c1-2-7(9)6-12(4-3-10)8(13)5-11/h7H,2,4-6,11H2,1H3. The predicted octanol–water partition coefficient (Wildman–Crippen LogP) is 0.0454. The summed E-state index contributed by atoms with van der Waals surface area (Å²) in [5.74, 6) is -0.391. The van der Waals surface area contributed by atoms with Gasteiger partial charge >= 0.3 is 0 Å². The molecule has 0 aromatic rings. The van der Waals surface area contributed by atoms with Crippen LogP contribution in [-0.4, -0.2) is 36.6 Å². The molecule has 0 aliphatic carbocycles. The molecule has 13 heavy (non-hydrogen) atoms. The fourth-order valence-electron chi connectivity index (χ4n) is 0.837. The Morgan fingerprint density at radius 3 is 2.77 bits per heavy atom. The van der Waals surface area contributed by atoms with Gasteiger partial charge in [0.1, 0.15) is 12.7 Å². The maximum atomic E-state index is 12.9. The minimum absolute atomic E-state index is 0.0416. The Hall–Kier alpha value is -1.15. The molecule has 0 aromatic carbocycles. The third-order valence-electron chi connectivity index (χ3n) is 1.65. The van der Waals surface area contributed by atoms with E-state index in [0.717, 1.165) is 4.90 Å². The Labute approximate surface area is 77.1 Å². The number of alkyl halides is 1. The third kappa shape index (κ3) is 4.43. The summed E-state index contributed by atoms with van der Waals surface area (Å²) in [5, 5.41) is 8.36. The Kier molecular flexibility index (Phi) is 5.81. The van der Waals surface area contributed by atoms with Crippen molar-refractivity contribution >= 4 is 5.91 Å². The second-order valence-corrected chi connectivity index (χ2v) is 2.64. The summed E-state index contributed by atoms with van der Waals surface area (Å²) in [6, 6.07) is 1.80. The van der Waals surface area contributed by atoms with Crippen molar-refractivity contribution in [1.82, 2.24) is 4.90 Å². The lowest BCUT2D eigenvalue weighted by molar-refractivity contribution is -0.129. The van der Waals surface area contributed by atoms with Crippen LogP contribution < -0.4 is 5.73 Å². The number of nitriles is 1. The van der Waals surface area contributed by atoms with Crippen LogP contribution in [0.5, 0.6) is 0 Å². The Morgan fingerprint density at radius 2 is 2.38 bits per heavy atom. The van der Waals surface area contributed by atoms with Crippen molar-refractivity contribution in [2.45, 2.75) is 19.5 Å². The van der Waals surface area contributed by atoms with Crippen molar-refractivity contribution in [2.75, 3.05) is 19.6 Å². The molecule has 0 radical (unpaired) electrons. The van der Waals surface area contributed by atoms with E-state index in [0.29, 0.717) is 6.42 Å². The van der Waals surface area contributed by atoms with Gasteiger partial charge in [-0.1, -0.05) is 6.92 Å². The molecule has 74 valence electrons. The summed E-state index contributed by atoms with van der Waals surface area (Å²) in [6.45, 7) is 1.36. The smallest absolute Gasteiger partial charge is 0.237 e. The molecule has 0 saturated heterocycles. The van der Waals surface area contributed by atoms with Crippen LogP contribution in [0.4, 0.5) is 4.39 Å². The van der Waals surface area contributed by atoms with Gasteiger partial charge in [-0.25, -0.2) is 4.39 Å². The molecule has 2 N–H and O–H groups in total. The Morgan fingerprint density at radius 1 is 1.77 bits per heavy atom. The van der Waals surface area contributed by atoms with Crippen LogP contribution in [0.2, 0.25) is 0 Å². The molecule has 0 aromatic heterocycles. The molecule has 0 rings (SSSR count). The number of hydrogen-bond acceptors (Lipinski definition) is 3. The Balaban J connectivity index is 4.10. The van der Waals surface area contributed by atoms with Crippen LogP contribution in [-0.2, 0) is 4.79 Å². The highest BCUT2D eigenvalue weighted by Gasteiger charge is 2.15. The number of carbonyl (C=O) groups is 1. The van der Waals surface area contributed by atoms with E-state index in [4.69, 9.17) is 11.0 Å². The molecular weight excluding hydrogens is 173 g/mol. The molecule has 1 atom stereocenters. The van der Waals surface area contributed by atoms with Crippen molar-refractivity contribution in [1.29, 1.82) is 5.26 Å². The topological polar surface area (TPSA) is 70.1 Å². The zero-order valence-corrected chi connectivity index (χ0v) is 7.66. The van der Waals surface area contributed by atoms with Crippen LogP contribution in [0.25, 0.3) is 0 Å². The predicted molar refractivity (Wildman–Crippen MR) is 46.4 cm³/mol. The number of hydrogen-bond donors (Lipinski definition) is 1. The second kappa shape index (κ2) is 6.38. The number of carbonyl (C=O) groups excluding carboxylic acids is 1. The lowest BCUT2D eigenvalue weighted by Crippen LogP contribution is -2.40. The summed E-state index contributed by atoms with van der Waals surface area (Å²) in [4.78, 5) is 12.2. The number of halogens is 1. The van der Waals surface area contributed by atoms with Gasteiger partial charge in [-0.3, -0.25) is 4.79 Å². The van der Waals surface area contributed by atoms with Crippen LogP contribution in [0.1, 0.15) is 13.3 Å². The van der Waals surface area contributed by atoms with Gasteiger partial charge in [-0.15, -0.1) is 0 Å². The van der Waals surface area contributed by atoms with Gasteiger partial charge < -0.3 is 10.6 Å². The van der Waals surface area contributed by atoms with E-state index >= 15 is 0 Å². The van der Waals surface area contributed by atoms with Gasteiger partial charge in [0.25, 0.3) is 0 Å². The molecule has 0 saturated carbocycles. The van der Waals surface area contributed by atoms with Crippen molar-refractivity contribution in [2.24, 2.45) is 5.73 Å². The third-order valence-corrected chi connectivity index (χ3v) is 1.65. The lowest BCUT2D eigenvalue weighted by atomic mass is 10.3. The quantitative estimate of drug-likeness (QED) is 0.618. The van der Waals surface area contributed by atoms with Crippen LogP contribution in [0, 0.1) is 11.3 Å². The summed E-state index contributed by atoms with van der Waals surface area (Å²) >= 11 is 0. The number of amides is 1. The van der Waals surface area contributed by atoms with Gasteiger partial charge in [0.15, 0.2) is 0 Å². The maximum Gasteiger partial charge on any atom is 0.237 e. The number of rotatable bonds is 5. The second-order valence-electron chi connectivity index (χ2n) is 2.64. The van der Waals surface area contributed by atoms with Crippen LogP contribution >= 0.6 is 0 Å². The lowest BCUT2D eigenvalue weighted by Gasteiger charge is -2.20. The average Bonchev–Trinajstić information content (AvgIpc) is 2.15. The van der Waals surface area contributed by atoms with Gasteiger partial charge in [-0.2, -0.15) is 5.26 Å². The van der Waals surface area contributed by atoms with Gasteiger partial charge in [0.2, 0.25) is 5.91 Å². The summed E-state index contributed by atoms with van der Waals surface area (Å²) in [6.07, 6.45) is -0.747. The van der Waals surface area contributed by atoms with E-state index in [1.807, 2.05) is 0 Å². The van der Waals surface area contributed by atoms with E-state index in [1.54, 1.807) is 13.0 Å². The van der Waals surface area contributed by atoms with Crippen LogP contribution in [0.15, 0.2) is 0 Å². The SMILES string of the molecule is CCC(F)CN(CC#N)C(=O)CN. The van der Waals surface area contributed by atoms with Crippen molar-refractivity contribution < 1.29 is 9.18 Å². The normalized spacial score (nSPS) is 11.8. The first-order valence-corrected chi connectivity index (χ1v) is 4.14. The zero-order valence-electron chi connectivity index (χ0n) is 7.66. The zero-order chi connectivity index (χ0) is 10.3. The molecule has 1 amide bonds. The molecule has 5 heteroatoms. The van der Waals surface area contributed by atoms with Crippen molar-refractivity contribution in [3.8, 4) is 6.07 Å². The van der Waals surface area contributed by atoms with E-state index in [-0.39, 0.29) is 19.6 Å². The molecule has 0 aliphatic heterocycles. The fraction of sp³-hybridized carbons (Fsp3) is 0.750. The monoisotopic (exact) mass is 187 g/mol. The fourth-order valence-corrected chi connectivity index (χ4v) is 0.837. The molecule has 0 bridgehead atoms. The summed E-state index contributed by atoms with van der Waals surface area (Å²) in [7, 11) is 0. The molecule has 0 fully saturated rings. The molecule has 0 spiro atoms. The maximum absolute atomic E-state index is 12.9. The number of nitrogens with zero attached hydrogens (tertiary/aromatic N) is 2. The van der Waals surface area contributed by atoms with Crippen LogP contribution in [0.3, 0.4) is 0 Å². The van der Waals surface area contributed by atoms with E-state index in [2.05, 4.69) is 0 Å². The molecule has 1 unspecified atom stereocenters. The molecule has 0 heterocycles. The summed E-state index contributed by atoms with van der Waals surface area (Å²) in [5.41, 5.74) is 5.10. The first-order valence-electron chi connectivity index (χ1n) is 4.14. The first kappa shape index (κ1) is 11.8. The van der Waals surface area contributed by atoms with Crippen molar-refractivity contribution in [3.63, 3.8) is 0 Å². The van der Waals surface area contributed by atoms with Gasteiger partial charge in [-0.05, 0) is 6.42 Å². The molecule has 4 nitrogen and oxygen atoms in total. The highest BCUT2D eigenvalue weighted by Crippen LogP contribution is 2.00. The van der Waals surface area contributed by atoms with Gasteiger partial charge in [0, 0.05) is 0 Å². The number of nitrogens with two attached hydrogens (primary N) is 1. The van der Waals surface area contributed by atoms with E-state index < -0.39 is 12.1 Å². The minimum Gasteiger partial charge on any atom is -0.325 e.